The summed E-state index contributed by atoms with van der Waals surface area (Å²) < 4.78 is 5.33. The van der Waals surface area contributed by atoms with Gasteiger partial charge in [-0.1, -0.05) is 6.92 Å². The Labute approximate surface area is 103 Å². The molecule has 1 rings (SSSR count). The highest BCUT2D eigenvalue weighted by Crippen LogP contribution is 2.27. The van der Waals surface area contributed by atoms with Crippen molar-refractivity contribution in [1.29, 1.82) is 0 Å². The van der Waals surface area contributed by atoms with Gasteiger partial charge in [0, 0.05) is 24.9 Å². The monoisotopic (exact) mass is 241 g/mol. The molecule has 2 atom stereocenters. The molecule has 4 heteroatoms. The summed E-state index contributed by atoms with van der Waals surface area (Å²) in [6.45, 7) is 9.95. The van der Waals surface area contributed by atoms with Gasteiger partial charge in [0.25, 0.3) is 0 Å². The molecule has 1 aliphatic rings. The van der Waals surface area contributed by atoms with Gasteiger partial charge in [-0.25, -0.2) is 4.79 Å². The Kier molecular flexibility index (Phi) is 4.17. The van der Waals surface area contributed by atoms with Crippen LogP contribution in [-0.4, -0.2) is 35.0 Å². The summed E-state index contributed by atoms with van der Waals surface area (Å²) >= 11 is 0. The molecule has 0 aliphatic carbocycles. The number of carbonyl (C=O) groups excluding carboxylic acids is 2. The quantitative estimate of drug-likeness (QED) is 0.746. The first-order chi connectivity index (χ1) is 7.76. The summed E-state index contributed by atoms with van der Waals surface area (Å²) in [5.74, 6) is 0.219. The molecule has 0 aromatic heterocycles. The lowest BCUT2D eigenvalue weighted by Gasteiger charge is -2.28. The molecule has 0 radical (unpaired) electrons. The molecule has 0 bridgehead atoms. The zero-order valence-electron chi connectivity index (χ0n) is 11.4. The Balaban J connectivity index is 2.64. The largest absolute Gasteiger partial charge is 0.444 e. The maximum Gasteiger partial charge on any atom is 0.410 e. The van der Waals surface area contributed by atoms with E-state index in [1.54, 1.807) is 4.90 Å². The van der Waals surface area contributed by atoms with Gasteiger partial charge in [-0.05, 0) is 34.1 Å². The van der Waals surface area contributed by atoms with E-state index in [-0.39, 0.29) is 23.8 Å². The number of carbonyl (C=O) groups is 2. The van der Waals surface area contributed by atoms with Crippen LogP contribution in [-0.2, 0) is 9.53 Å². The number of rotatable bonds is 2. The van der Waals surface area contributed by atoms with E-state index < -0.39 is 5.60 Å². The van der Waals surface area contributed by atoms with E-state index in [2.05, 4.69) is 0 Å². The molecule has 1 aliphatic heterocycles. The SMILES string of the molecule is CCC(=O)C1CCN(C(=O)OC(C)(C)C)C1C. The lowest BCUT2D eigenvalue weighted by atomic mass is 9.95. The minimum Gasteiger partial charge on any atom is -0.444 e. The van der Waals surface area contributed by atoms with Crippen molar-refractivity contribution in [3.05, 3.63) is 0 Å². The Hall–Kier alpha value is -1.06. The van der Waals surface area contributed by atoms with Crippen LogP contribution < -0.4 is 0 Å². The number of hydrogen-bond acceptors (Lipinski definition) is 3. The molecule has 17 heavy (non-hydrogen) atoms. The second-order valence-corrected chi connectivity index (χ2v) is 5.63. The van der Waals surface area contributed by atoms with Gasteiger partial charge in [0.2, 0.25) is 0 Å². The number of Topliss-reactive ketones (excluding diaryl/α,β-unsaturated/α-hetero) is 1. The fraction of sp³-hybridized carbons (Fsp3) is 0.846. The first-order valence-corrected chi connectivity index (χ1v) is 6.28. The molecule has 1 amide bonds. The number of ketones is 1. The van der Waals surface area contributed by atoms with Crippen LogP contribution in [0.1, 0.15) is 47.5 Å². The Morgan fingerprint density at radius 1 is 1.35 bits per heavy atom. The van der Waals surface area contributed by atoms with Crippen molar-refractivity contribution in [1.82, 2.24) is 4.90 Å². The molecule has 0 spiro atoms. The van der Waals surface area contributed by atoms with Crippen molar-refractivity contribution < 1.29 is 14.3 Å². The third-order valence-corrected chi connectivity index (χ3v) is 3.14. The summed E-state index contributed by atoms with van der Waals surface area (Å²) in [6, 6.07) is -0.0442. The maximum absolute atomic E-state index is 11.9. The fourth-order valence-electron chi connectivity index (χ4n) is 2.21. The van der Waals surface area contributed by atoms with Gasteiger partial charge in [-0.2, -0.15) is 0 Å². The standard InChI is InChI=1S/C13H23NO3/c1-6-11(15)10-7-8-14(9(10)2)12(16)17-13(3,4)5/h9-10H,6-8H2,1-5H3. The smallest absolute Gasteiger partial charge is 0.410 e. The van der Waals surface area contributed by atoms with E-state index in [4.69, 9.17) is 4.74 Å². The molecule has 2 unspecified atom stereocenters. The van der Waals surface area contributed by atoms with Crippen LogP contribution in [0.5, 0.6) is 0 Å². The summed E-state index contributed by atoms with van der Waals surface area (Å²) in [5.41, 5.74) is -0.482. The van der Waals surface area contributed by atoms with Gasteiger partial charge in [-0.3, -0.25) is 4.79 Å². The first-order valence-electron chi connectivity index (χ1n) is 6.28. The average molecular weight is 241 g/mol. The average Bonchev–Trinajstić information content (AvgIpc) is 2.56. The zero-order valence-corrected chi connectivity index (χ0v) is 11.4. The highest BCUT2D eigenvalue weighted by atomic mass is 16.6. The fourth-order valence-corrected chi connectivity index (χ4v) is 2.21. The summed E-state index contributed by atoms with van der Waals surface area (Å²) in [6.07, 6.45) is 0.987. The molecule has 1 fully saturated rings. The van der Waals surface area contributed by atoms with Crippen LogP contribution in [0.25, 0.3) is 0 Å². The van der Waals surface area contributed by atoms with Gasteiger partial charge in [-0.15, -0.1) is 0 Å². The normalized spacial score (nSPS) is 24.9. The molecular weight excluding hydrogens is 218 g/mol. The molecular formula is C13H23NO3. The van der Waals surface area contributed by atoms with Crippen LogP contribution in [0.2, 0.25) is 0 Å². The lowest BCUT2D eigenvalue weighted by molar-refractivity contribution is -0.123. The van der Waals surface area contributed by atoms with Gasteiger partial charge in [0.05, 0.1) is 0 Å². The first kappa shape index (κ1) is 14.0. The van der Waals surface area contributed by atoms with Gasteiger partial charge >= 0.3 is 6.09 Å². The van der Waals surface area contributed by atoms with E-state index in [9.17, 15) is 9.59 Å². The van der Waals surface area contributed by atoms with Crippen LogP contribution in [0.15, 0.2) is 0 Å². The van der Waals surface area contributed by atoms with E-state index in [0.29, 0.717) is 13.0 Å². The molecule has 0 saturated carbocycles. The van der Waals surface area contributed by atoms with Crippen molar-refractivity contribution in [2.75, 3.05) is 6.54 Å². The number of ether oxygens (including phenoxy) is 1. The summed E-state index contributed by atoms with van der Waals surface area (Å²) in [4.78, 5) is 25.3. The van der Waals surface area contributed by atoms with Crippen LogP contribution >= 0.6 is 0 Å². The van der Waals surface area contributed by atoms with Gasteiger partial charge < -0.3 is 9.64 Å². The molecule has 1 heterocycles. The van der Waals surface area contributed by atoms with Crippen LogP contribution in [0.4, 0.5) is 4.79 Å². The van der Waals surface area contributed by atoms with Crippen molar-refractivity contribution in [3.8, 4) is 0 Å². The maximum atomic E-state index is 11.9. The van der Waals surface area contributed by atoms with E-state index in [1.807, 2.05) is 34.6 Å². The van der Waals surface area contributed by atoms with Crippen LogP contribution in [0.3, 0.4) is 0 Å². The Bertz CT molecular complexity index is 306. The molecule has 4 nitrogen and oxygen atoms in total. The minimum atomic E-state index is -0.482. The minimum absolute atomic E-state index is 0.0208. The predicted octanol–water partition coefficient (Wildman–Crippen LogP) is 2.61. The van der Waals surface area contributed by atoms with E-state index >= 15 is 0 Å². The van der Waals surface area contributed by atoms with Crippen molar-refractivity contribution in [3.63, 3.8) is 0 Å². The number of hydrogen-bond donors (Lipinski definition) is 0. The lowest BCUT2D eigenvalue weighted by Crippen LogP contribution is -2.41. The van der Waals surface area contributed by atoms with E-state index in [0.717, 1.165) is 6.42 Å². The molecule has 0 N–H and O–H groups in total. The Morgan fingerprint density at radius 3 is 2.41 bits per heavy atom. The van der Waals surface area contributed by atoms with Gasteiger partial charge in [0.15, 0.2) is 0 Å². The number of likely N-dealkylation sites (tertiary alicyclic amines) is 1. The highest BCUT2D eigenvalue weighted by molar-refractivity contribution is 5.83. The van der Waals surface area contributed by atoms with E-state index in [1.165, 1.54) is 0 Å². The third-order valence-electron chi connectivity index (χ3n) is 3.14. The Morgan fingerprint density at radius 2 is 1.94 bits per heavy atom. The summed E-state index contributed by atoms with van der Waals surface area (Å²) in [5, 5.41) is 0. The van der Waals surface area contributed by atoms with Crippen LogP contribution in [0, 0.1) is 5.92 Å². The second-order valence-electron chi connectivity index (χ2n) is 5.63. The molecule has 0 aromatic rings. The van der Waals surface area contributed by atoms with Crippen molar-refractivity contribution in [2.24, 2.45) is 5.92 Å². The second kappa shape index (κ2) is 5.07. The predicted molar refractivity (Wildman–Crippen MR) is 65.8 cm³/mol. The zero-order chi connectivity index (χ0) is 13.2. The highest BCUT2D eigenvalue weighted by Gasteiger charge is 2.38. The van der Waals surface area contributed by atoms with Gasteiger partial charge in [0.1, 0.15) is 11.4 Å². The van der Waals surface area contributed by atoms with Crippen molar-refractivity contribution in [2.45, 2.75) is 59.1 Å². The molecule has 98 valence electrons. The van der Waals surface area contributed by atoms with Crippen molar-refractivity contribution >= 4 is 11.9 Å². The topological polar surface area (TPSA) is 46.6 Å². The molecule has 1 saturated heterocycles. The third kappa shape index (κ3) is 3.45. The number of amides is 1. The molecule has 0 aromatic carbocycles. The summed E-state index contributed by atoms with van der Waals surface area (Å²) in [7, 11) is 0. The number of nitrogens with zero attached hydrogens (tertiary/aromatic N) is 1.